The first-order chi connectivity index (χ1) is 9.85. The maximum Gasteiger partial charge on any atom is 0.310 e. The van der Waals surface area contributed by atoms with E-state index in [1.54, 1.807) is 19.9 Å². The van der Waals surface area contributed by atoms with Gasteiger partial charge in [-0.25, -0.2) is 8.42 Å². The number of aromatic nitrogens is 1. The summed E-state index contributed by atoms with van der Waals surface area (Å²) in [6.07, 6.45) is 0. The minimum atomic E-state index is -3.69. The molecule has 0 bridgehead atoms. The topological polar surface area (TPSA) is 110 Å². The smallest absolute Gasteiger partial charge is 0.310 e. The minimum Gasteiger partial charge on any atom is -0.481 e. The lowest BCUT2D eigenvalue weighted by atomic mass is 10.0. The van der Waals surface area contributed by atoms with Crippen molar-refractivity contribution in [3.8, 4) is 0 Å². The van der Waals surface area contributed by atoms with Crippen LogP contribution in [0.5, 0.6) is 0 Å². The van der Waals surface area contributed by atoms with E-state index in [0.717, 1.165) is 0 Å². The van der Waals surface area contributed by atoms with E-state index >= 15 is 0 Å². The first-order valence-corrected chi connectivity index (χ1v) is 8.18. The zero-order valence-corrected chi connectivity index (χ0v) is 12.7. The standard InChI is InChI=1S/C12H18N2O6S/c1-3-14(11-6-19-5-10(11)12(15)16)21(17,18)7-9-4-8(2)20-13-9/h4,10-11H,3,5-7H2,1-2H3,(H,15,16). The Morgan fingerprint density at radius 3 is 2.76 bits per heavy atom. The molecule has 0 spiro atoms. The lowest BCUT2D eigenvalue weighted by molar-refractivity contribution is -0.142. The van der Waals surface area contributed by atoms with Crippen LogP contribution in [-0.4, -0.2) is 54.8 Å². The molecule has 1 saturated heterocycles. The van der Waals surface area contributed by atoms with Crippen molar-refractivity contribution < 1.29 is 27.6 Å². The minimum absolute atomic E-state index is 0.0229. The summed E-state index contributed by atoms with van der Waals surface area (Å²) in [4.78, 5) is 11.2. The molecule has 21 heavy (non-hydrogen) atoms. The SMILES string of the molecule is CCN(C1COCC1C(=O)O)S(=O)(=O)Cc1cc(C)on1. The number of carbonyl (C=O) groups is 1. The number of rotatable bonds is 6. The Balaban J connectivity index is 2.21. The molecular weight excluding hydrogens is 300 g/mol. The molecule has 9 heteroatoms. The number of hydrogen-bond donors (Lipinski definition) is 1. The van der Waals surface area contributed by atoms with Crippen molar-refractivity contribution in [2.24, 2.45) is 5.92 Å². The molecule has 2 unspecified atom stereocenters. The van der Waals surface area contributed by atoms with Gasteiger partial charge in [0, 0.05) is 12.6 Å². The molecule has 0 aliphatic carbocycles. The van der Waals surface area contributed by atoms with Gasteiger partial charge in [-0.15, -0.1) is 0 Å². The van der Waals surface area contributed by atoms with E-state index in [1.165, 1.54) is 4.31 Å². The van der Waals surface area contributed by atoms with Crippen LogP contribution in [0, 0.1) is 12.8 Å². The van der Waals surface area contributed by atoms with Crippen molar-refractivity contribution in [1.29, 1.82) is 0 Å². The molecule has 1 aromatic heterocycles. The van der Waals surface area contributed by atoms with Crippen LogP contribution in [0.4, 0.5) is 0 Å². The number of hydrogen-bond acceptors (Lipinski definition) is 6. The van der Waals surface area contributed by atoms with Gasteiger partial charge in [0.25, 0.3) is 0 Å². The Labute approximate surface area is 122 Å². The quantitative estimate of drug-likeness (QED) is 0.799. The second-order valence-electron chi connectivity index (χ2n) is 4.94. The van der Waals surface area contributed by atoms with E-state index in [0.29, 0.717) is 11.5 Å². The number of ether oxygens (including phenoxy) is 1. The van der Waals surface area contributed by atoms with Gasteiger partial charge in [-0.1, -0.05) is 12.1 Å². The number of nitrogens with zero attached hydrogens (tertiary/aromatic N) is 2. The first kappa shape index (κ1) is 15.9. The van der Waals surface area contributed by atoms with Crippen LogP contribution in [-0.2, 0) is 25.3 Å². The molecule has 2 atom stereocenters. The highest BCUT2D eigenvalue weighted by molar-refractivity contribution is 7.88. The molecule has 1 fully saturated rings. The van der Waals surface area contributed by atoms with Crippen LogP contribution in [0.2, 0.25) is 0 Å². The summed E-state index contributed by atoms with van der Waals surface area (Å²) < 4.78 is 36.2. The lowest BCUT2D eigenvalue weighted by Crippen LogP contribution is -2.46. The second kappa shape index (κ2) is 6.12. The van der Waals surface area contributed by atoms with E-state index < -0.39 is 28.0 Å². The van der Waals surface area contributed by atoms with Gasteiger partial charge in [0.2, 0.25) is 10.0 Å². The molecule has 2 heterocycles. The number of aryl methyl sites for hydroxylation is 1. The molecule has 1 aliphatic heterocycles. The molecule has 0 amide bonds. The molecule has 0 radical (unpaired) electrons. The van der Waals surface area contributed by atoms with Gasteiger partial charge in [-0.3, -0.25) is 4.79 Å². The predicted molar refractivity (Wildman–Crippen MR) is 72.0 cm³/mol. The fourth-order valence-corrected chi connectivity index (χ4v) is 4.15. The normalized spacial score (nSPS) is 22.8. The number of likely N-dealkylation sites (N-methyl/N-ethyl adjacent to an activating group) is 1. The average Bonchev–Trinajstić information content (AvgIpc) is 2.99. The Morgan fingerprint density at radius 2 is 2.24 bits per heavy atom. The lowest BCUT2D eigenvalue weighted by Gasteiger charge is -2.27. The molecule has 1 N–H and O–H groups in total. The zero-order valence-electron chi connectivity index (χ0n) is 11.9. The van der Waals surface area contributed by atoms with Crippen molar-refractivity contribution >= 4 is 16.0 Å². The van der Waals surface area contributed by atoms with Crippen LogP contribution in [0.15, 0.2) is 10.6 Å². The van der Waals surface area contributed by atoms with E-state index in [9.17, 15) is 13.2 Å². The Kier molecular flexibility index (Phi) is 4.64. The van der Waals surface area contributed by atoms with Crippen molar-refractivity contribution in [1.82, 2.24) is 9.46 Å². The maximum absolute atomic E-state index is 12.5. The summed E-state index contributed by atoms with van der Waals surface area (Å²) in [5.74, 6) is -1.70. The Bertz CT molecular complexity index is 611. The predicted octanol–water partition coefficient (Wildman–Crippen LogP) is 0.234. The van der Waals surface area contributed by atoms with Crippen LogP contribution < -0.4 is 0 Å². The zero-order chi connectivity index (χ0) is 15.6. The summed E-state index contributed by atoms with van der Waals surface area (Å²) in [7, 11) is -3.69. The molecule has 118 valence electrons. The third-order valence-electron chi connectivity index (χ3n) is 3.41. The van der Waals surface area contributed by atoms with E-state index in [2.05, 4.69) is 5.16 Å². The van der Waals surface area contributed by atoms with E-state index in [4.69, 9.17) is 14.4 Å². The second-order valence-corrected chi connectivity index (χ2v) is 6.86. The molecule has 0 saturated carbocycles. The van der Waals surface area contributed by atoms with Crippen LogP contribution in [0.25, 0.3) is 0 Å². The number of sulfonamides is 1. The van der Waals surface area contributed by atoms with Crippen LogP contribution in [0.3, 0.4) is 0 Å². The largest absolute Gasteiger partial charge is 0.481 e. The van der Waals surface area contributed by atoms with E-state index in [-0.39, 0.29) is 25.5 Å². The van der Waals surface area contributed by atoms with Crippen LogP contribution >= 0.6 is 0 Å². The highest BCUT2D eigenvalue weighted by Crippen LogP contribution is 2.24. The van der Waals surface area contributed by atoms with Gasteiger partial charge in [-0.2, -0.15) is 4.31 Å². The van der Waals surface area contributed by atoms with Gasteiger partial charge in [0.1, 0.15) is 17.2 Å². The average molecular weight is 318 g/mol. The summed E-state index contributed by atoms with van der Waals surface area (Å²) in [6, 6.07) is 0.857. The summed E-state index contributed by atoms with van der Waals surface area (Å²) in [5, 5.41) is 12.8. The molecule has 8 nitrogen and oxygen atoms in total. The number of carboxylic acid groups (broad SMARTS) is 1. The Hall–Kier alpha value is -1.45. The number of aliphatic carboxylic acids is 1. The monoisotopic (exact) mass is 318 g/mol. The molecule has 2 rings (SSSR count). The molecule has 0 aromatic carbocycles. The van der Waals surface area contributed by atoms with E-state index in [1.807, 2.05) is 0 Å². The van der Waals surface area contributed by atoms with Crippen LogP contribution in [0.1, 0.15) is 18.4 Å². The molecule has 1 aliphatic rings. The van der Waals surface area contributed by atoms with Crippen molar-refractivity contribution in [3.63, 3.8) is 0 Å². The van der Waals surface area contributed by atoms with Crippen molar-refractivity contribution in [2.75, 3.05) is 19.8 Å². The van der Waals surface area contributed by atoms with Gasteiger partial charge >= 0.3 is 5.97 Å². The summed E-state index contributed by atoms with van der Waals surface area (Å²) >= 11 is 0. The van der Waals surface area contributed by atoms with Gasteiger partial charge < -0.3 is 14.4 Å². The van der Waals surface area contributed by atoms with Crippen molar-refractivity contribution in [2.45, 2.75) is 25.6 Å². The fraction of sp³-hybridized carbons (Fsp3) is 0.667. The fourth-order valence-electron chi connectivity index (χ4n) is 2.46. The highest BCUT2D eigenvalue weighted by Gasteiger charge is 2.42. The Morgan fingerprint density at radius 1 is 1.52 bits per heavy atom. The third-order valence-corrected chi connectivity index (χ3v) is 5.32. The van der Waals surface area contributed by atoms with Gasteiger partial charge in [-0.05, 0) is 6.92 Å². The van der Waals surface area contributed by atoms with Crippen molar-refractivity contribution in [3.05, 3.63) is 17.5 Å². The molecule has 1 aromatic rings. The summed E-state index contributed by atoms with van der Waals surface area (Å²) in [5.41, 5.74) is 0.303. The van der Waals surface area contributed by atoms with Gasteiger partial charge in [0.15, 0.2) is 0 Å². The first-order valence-electron chi connectivity index (χ1n) is 6.57. The number of carboxylic acids is 1. The van der Waals surface area contributed by atoms with Gasteiger partial charge in [0.05, 0.1) is 25.2 Å². The highest BCUT2D eigenvalue weighted by atomic mass is 32.2. The third kappa shape index (κ3) is 3.42. The summed E-state index contributed by atoms with van der Waals surface area (Å²) in [6.45, 7) is 3.63. The maximum atomic E-state index is 12.5. The molecular formula is C12H18N2O6S.